The average Bonchev–Trinajstić information content (AvgIpc) is 3.42. The Hall–Kier alpha value is -2.29. The highest BCUT2D eigenvalue weighted by Gasteiger charge is 2.20. The van der Waals surface area contributed by atoms with E-state index in [9.17, 15) is 10.1 Å². The van der Waals surface area contributed by atoms with Crippen LogP contribution in [0.25, 0.3) is 22.1 Å². The van der Waals surface area contributed by atoms with Crippen LogP contribution in [0.2, 0.25) is 72.2 Å². The van der Waals surface area contributed by atoms with Crippen molar-refractivity contribution in [3.05, 3.63) is 44.4 Å². The molecular weight excluding hydrogens is 670 g/mol. The zero-order chi connectivity index (χ0) is 32.1. The van der Waals surface area contributed by atoms with Gasteiger partial charge in [-0.05, 0) is 35.3 Å². The van der Waals surface area contributed by atoms with Crippen molar-refractivity contribution in [2.75, 3.05) is 13.2 Å². The molecule has 0 aliphatic rings. The highest BCUT2D eigenvalue weighted by atomic mass is 35.5. The van der Waals surface area contributed by atoms with Crippen molar-refractivity contribution < 1.29 is 14.3 Å². The summed E-state index contributed by atoms with van der Waals surface area (Å²) in [5, 5.41) is 10.4. The number of hydrogen-bond donors (Lipinski definition) is 1. The maximum Gasteiger partial charge on any atom is 0.251 e. The van der Waals surface area contributed by atoms with Crippen LogP contribution in [-0.2, 0) is 22.9 Å². The smallest absolute Gasteiger partial charge is 0.251 e. The van der Waals surface area contributed by atoms with E-state index in [1.165, 1.54) is 0 Å². The summed E-state index contributed by atoms with van der Waals surface area (Å²) in [5.41, 5.74) is 7.00. The van der Waals surface area contributed by atoms with E-state index in [1.54, 1.807) is 21.5 Å². The minimum atomic E-state index is -1.16. The standard InChI is InChI=1S/C13H18Cl2N4O2Si.C13H16Cl2N4OSi/c1-22(2,3)5-4-21-7-19-6-8(11(16)20)9-10(14)17-13(15)18-12(9)19;1-21(2,3)5-4-20-8-19-7-9(6-16)10-11(14)17-13(15)18-12(10)19/h6H,4-5,7H2,1-3H3,(H2,16,20);7H,4-5,8H2,1-3H3. The first-order chi connectivity index (χ1) is 20.0. The molecule has 4 rings (SSSR count). The third kappa shape index (κ3) is 9.85. The maximum absolute atomic E-state index is 11.6. The molecule has 0 aromatic carbocycles. The van der Waals surface area contributed by atoms with Crippen LogP contribution in [0.15, 0.2) is 12.4 Å². The molecule has 17 heteroatoms. The summed E-state index contributed by atoms with van der Waals surface area (Å²) in [6, 6.07) is 4.21. The number of nitrogens with two attached hydrogens (primary N) is 1. The van der Waals surface area contributed by atoms with E-state index in [2.05, 4.69) is 65.3 Å². The van der Waals surface area contributed by atoms with Gasteiger partial charge in [0, 0.05) is 41.8 Å². The second-order valence-electron chi connectivity index (χ2n) is 12.2. The normalized spacial score (nSPS) is 11.9. The molecule has 0 atom stereocenters. The molecule has 0 bridgehead atoms. The van der Waals surface area contributed by atoms with Crippen molar-refractivity contribution in [2.24, 2.45) is 5.73 Å². The summed E-state index contributed by atoms with van der Waals surface area (Å²) in [6.07, 6.45) is 3.23. The SMILES string of the molecule is C[Si](C)(C)CCOCn1cc(C#N)c2c(Cl)nc(Cl)nc21.C[Si](C)(C)CCOCn1cc(C(N)=O)c2c(Cl)nc(Cl)nc21. The minimum Gasteiger partial charge on any atom is -0.366 e. The van der Waals surface area contributed by atoms with Crippen molar-refractivity contribution in [1.82, 2.24) is 29.1 Å². The lowest BCUT2D eigenvalue weighted by atomic mass is 10.2. The van der Waals surface area contributed by atoms with Crippen LogP contribution < -0.4 is 5.73 Å². The number of carbonyl (C=O) groups excluding carboxylic acids is 1. The van der Waals surface area contributed by atoms with E-state index in [4.69, 9.17) is 61.6 Å². The topological polar surface area (TPSA) is 147 Å². The number of carbonyl (C=O) groups is 1. The Labute approximate surface area is 272 Å². The lowest BCUT2D eigenvalue weighted by Gasteiger charge is -2.15. The Kier molecular flexibility index (Phi) is 12.0. The summed E-state index contributed by atoms with van der Waals surface area (Å²) in [5.74, 6) is -0.598. The second-order valence-corrected chi connectivity index (χ2v) is 24.8. The molecule has 2 N–H and O–H groups in total. The summed E-state index contributed by atoms with van der Waals surface area (Å²) < 4.78 is 14.8. The monoisotopic (exact) mass is 702 g/mol. The maximum atomic E-state index is 11.6. The Morgan fingerprint density at radius 2 is 1.26 bits per heavy atom. The highest BCUT2D eigenvalue weighted by molar-refractivity contribution is 6.76. The molecule has 0 spiro atoms. The Bertz CT molecular complexity index is 1660. The van der Waals surface area contributed by atoms with Crippen LogP contribution in [0.4, 0.5) is 0 Å². The van der Waals surface area contributed by atoms with Gasteiger partial charge in [-0.15, -0.1) is 0 Å². The van der Waals surface area contributed by atoms with Crippen LogP contribution in [-0.4, -0.2) is 64.3 Å². The van der Waals surface area contributed by atoms with Crippen molar-refractivity contribution in [3.8, 4) is 6.07 Å². The van der Waals surface area contributed by atoms with Crippen molar-refractivity contribution >= 4 is 90.5 Å². The number of amides is 1. The van der Waals surface area contributed by atoms with E-state index in [1.807, 2.05) is 0 Å². The van der Waals surface area contributed by atoms with Crippen molar-refractivity contribution in [3.63, 3.8) is 0 Å². The van der Waals surface area contributed by atoms with E-state index in [-0.39, 0.29) is 33.2 Å². The lowest BCUT2D eigenvalue weighted by Crippen LogP contribution is -2.22. The summed E-state index contributed by atoms with van der Waals surface area (Å²) in [4.78, 5) is 27.5. The number of nitrogens with zero attached hydrogens (tertiary/aromatic N) is 7. The van der Waals surface area contributed by atoms with E-state index < -0.39 is 22.1 Å². The van der Waals surface area contributed by atoms with Gasteiger partial charge in [0.25, 0.3) is 5.91 Å². The lowest BCUT2D eigenvalue weighted by molar-refractivity contribution is 0.0894. The van der Waals surface area contributed by atoms with Gasteiger partial charge in [-0.2, -0.15) is 15.2 Å². The van der Waals surface area contributed by atoms with Gasteiger partial charge in [0.2, 0.25) is 10.6 Å². The van der Waals surface area contributed by atoms with Gasteiger partial charge in [-0.25, -0.2) is 9.97 Å². The van der Waals surface area contributed by atoms with Gasteiger partial charge < -0.3 is 24.3 Å². The number of nitriles is 1. The molecular formula is C26H34Cl4N8O3Si2. The number of ether oxygens (including phenoxy) is 2. The Balaban J connectivity index is 0.000000236. The molecule has 43 heavy (non-hydrogen) atoms. The van der Waals surface area contributed by atoms with Gasteiger partial charge in [0.05, 0.1) is 21.9 Å². The van der Waals surface area contributed by atoms with E-state index in [0.29, 0.717) is 47.6 Å². The highest BCUT2D eigenvalue weighted by Crippen LogP contribution is 2.28. The first-order valence-corrected chi connectivity index (χ1v) is 22.2. The van der Waals surface area contributed by atoms with Crippen molar-refractivity contribution in [2.45, 2.75) is 64.8 Å². The number of hydrogen-bond acceptors (Lipinski definition) is 8. The predicted octanol–water partition coefficient (Wildman–Crippen LogP) is 7.07. The van der Waals surface area contributed by atoms with Gasteiger partial charge >= 0.3 is 0 Å². The largest absolute Gasteiger partial charge is 0.366 e. The number of halogens is 4. The number of aromatic nitrogens is 6. The van der Waals surface area contributed by atoms with Gasteiger partial charge in [0.1, 0.15) is 41.1 Å². The molecule has 4 aromatic heterocycles. The number of rotatable bonds is 11. The molecule has 0 unspecified atom stereocenters. The summed E-state index contributed by atoms with van der Waals surface area (Å²) >= 11 is 23.8. The third-order valence-electron chi connectivity index (χ3n) is 6.13. The molecule has 0 fully saturated rings. The van der Waals surface area contributed by atoms with Crippen LogP contribution in [0.1, 0.15) is 15.9 Å². The zero-order valence-corrected chi connectivity index (χ0v) is 29.9. The molecule has 0 aliphatic carbocycles. The zero-order valence-electron chi connectivity index (χ0n) is 24.8. The third-order valence-corrected chi connectivity index (χ3v) is 10.4. The first kappa shape index (κ1) is 35.2. The first-order valence-electron chi connectivity index (χ1n) is 13.3. The summed E-state index contributed by atoms with van der Waals surface area (Å²) in [7, 11) is -2.28. The molecule has 0 aliphatic heterocycles. The van der Waals surface area contributed by atoms with Crippen LogP contribution in [0.3, 0.4) is 0 Å². The molecule has 0 saturated heterocycles. The number of primary amides is 1. The Morgan fingerprint density at radius 3 is 1.70 bits per heavy atom. The predicted molar refractivity (Wildman–Crippen MR) is 177 cm³/mol. The number of fused-ring (bicyclic) bond motifs is 2. The fourth-order valence-corrected chi connectivity index (χ4v) is 6.25. The molecule has 0 saturated carbocycles. The average molecular weight is 705 g/mol. The summed E-state index contributed by atoms with van der Waals surface area (Å²) in [6.45, 7) is 15.6. The fourth-order valence-electron chi connectivity index (χ4n) is 3.79. The second kappa shape index (κ2) is 14.7. The molecule has 4 aromatic rings. The van der Waals surface area contributed by atoms with E-state index >= 15 is 0 Å². The van der Waals surface area contributed by atoms with Gasteiger partial charge in [0.15, 0.2) is 0 Å². The Morgan fingerprint density at radius 1 is 0.814 bits per heavy atom. The van der Waals surface area contributed by atoms with Crippen LogP contribution >= 0.6 is 46.4 Å². The molecule has 232 valence electrons. The van der Waals surface area contributed by atoms with Crippen molar-refractivity contribution in [1.29, 1.82) is 5.26 Å². The van der Waals surface area contributed by atoms with Crippen LogP contribution in [0, 0.1) is 11.3 Å². The molecule has 0 radical (unpaired) electrons. The van der Waals surface area contributed by atoms with E-state index in [0.717, 1.165) is 12.1 Å². The molecule has 11 nitrogen and oxygen atoms in total. The minimum absolute atomic E-state index is 0.00923. The van der Waals surface area contributed by atoms with Crippen LogP contribution in [0.5, 0.6) is 0 Å². The fraction of sp³-hybridized carbons (Fsp3) is 0.462. The van der Waals surface area contributed by atoms with Gasteiger partial charge in [-0.3, -0.25) is 4.79 Å². The molecule has 1 amide bonds. The quantitative estimate of drug-likeness (QED) is 0.0755. The van der Waals surface area contributed by atoms with Gasteiger partial charge in [-0.1, -0.05) is 62.5 Å². The molecule has 4 heterocycles.